The number of benzene rings is 2. The van der Waals surface area contributed by atoms with E-state index in [9.17, 15) is 4.39 Å². The van der Waals surface area contributed by atoms with Crippen LogP contribution >= 0.6 is 0 Å². The van der Waals surface area contributed by atoms with Crippen molar-refractivity contribution < 1.29 is 4.39 Å². The topological polar surface area (TPSA) is 54.7 Å². The summed E-state index contributed by atoms with van der Waals surface area (Å²) < 4.78 is 14.2. The van der Waals surface area contributed by atoms with Gasteiger partial charge in [-0.15, -0.1) is 0 Å². The monoisotopic (exact) mass is 303 g/mol. The fourth-order valence-electron chi connectivity index (χ4n) is 2.76. The summed E-state index contributed by atoms with van der Waals surface area (Å²) in [7, 11) is 0. The molecule has 0 atom stereocenters. The Labute approximate surface area is 132 Å². The largest absolute Gasteiger partial charge is 0.399 e. The second kappa shape index (κ2) is 5.25. The van der Waals surface area contributed by atoms with Gasteiger partial charge in [-0.25, -0.2) is 9.37 Å². The van der Waals surface area contributed by atoms with E-state index >= 15 is 0 Å². The van der Waals surface area contributed by atoms with Crippen molar-refractivity contribution in [2.45, 2.75) is 0 Å². The fourth-order valence-corrected chi connectivity index (χ4v) is 2.76. The van der Waals surface area contributed by atoms with Gasteiger partial charge in [0.25, 0.3) is 0 Å². The van der Waals surface area contributed by atoms with Gasteiger partial charge in [-0.2, -0.15) is 0 Å². The highest BCUT2D eigenvalue weighted by molar-refractivity contribution is 5.96. The molecule has 0 aliphatic rings. The lowest BCUT2D eigenvalue weighted by atomic mass is 10.0. The van der Waals surface area contributed by atoms with Crippen LogP contribution in [0.15, 0.2) is 67.0 Å². The Morgan fingerprint density at radius 2 is 1.74 bits per heavy atom. The number of aromatic nitrogens is 2. The van der Waals surface area contributed by atoms with Crippen molar-refractivity contribution in [3.05, 3.63) is 72.8 Å². The van der Waals surface area contributed by atoms with Crippen molar-refractivity contribution in [3.8, 4) is 22.3 Å². The number of nitrogen functional groups attached to an aromatic ring is 1. The number of anilines is 1. The maximum Gasteiger partial charge on any atom is 0.137 e. The summed E-state index contributed by atoms with van der Waals surface area (Å²) >= 11 is 0. The van der Waals surface area contributed by atoms with E-state index in [2.05, 4.69) is 9.97 Å². The second-order valence-electron chi connectivity index (χ2n) is 5.43. The Kier molecular flexibility index (Phi) is 3.08. The molecule has 0 saturated heterocycles. The summed E-state index contributed by atoms with van der Waals surface area (Å²) in [6.45, 7) is 0. The molecular weight excluding hydrogens is 289 g/mol. The Hall–Kier alpha value is -3.14. The van der Waals surface area contributed by atoms with E-state index in [0.717, 1.165) is 27.7 Å². The van der Waals surface area contributed by atoms with Gasteiger partial charge in [-0.05, 0) is 29.8 Å². The first-order valence-corrected chi connectivity index (χ1v) is 7.30. The van der Waals surface area contributed by atoms with E-state index in [-0.39, 0.29) is 5.82 Å². The molecule has 3 N–H and O–H groups in total. The van der Waals surface area contributed by atoms with Crippen molar-refractivity contribution in [1.82, 2.24) is 9.97 Å². The predicted octanol–water partition coefficient (Wildman–Crippen LogP) is 4.62. The van der Waals surface area contributed by atoms with Crippen molar-refractivity contribution >= 4 is 16.7 Å². The van der Waals surface area contributed by atoms with Crippen molar-refractivity contribution in [3.63, 3.8) is 0 Å². The van der Waals surface area contributed by atoms with Crippen LogP contribution in [-0.2, 0) is 0 Å². The lowest BCUT2D eigenvalue weighted by molar-refractivity contribution is 0.631. The molecule has 0 aliphatic carbocycles. The van der Waals surface area contributed by atoms with Crippen LogP contribution < -0.4 is 5.73 Å². The molecule has 3 nitrogen and oxygen atoms in total. The lowest BCUT2D eigenvalue weighted by Crippen LogP contribution is -1.89. The van der Waals surface area contributed by atoms with Gasteiger partial charge in [-0.3, -0.25) is 0 Å². The Bertz CT molecular complexity index is 990. The third-order valence-corrected chi connectivity index (χ3v) is 3.92. The average molecular weight is 303 g/mol. The molecule has 0 saturated carbocycles. The van der Waals surface area contributed by atoms with Gasteiger partial charge in [-0.1, -0.05) is 30.3 Å². The number of rotatable bonds is 2. The van der Waals surface area contributed by atoms with Gasteiger partial charge >= 0.3 is 0 Å². The third kappa shape index (κ3) is 2.34. The molecule has 2 heterocycles. The maximum absolute atomic E-state index is 14.2. The van der Waals surface area contributed by atoms with Gasteiger partial charge in [0.1, 0.15) is 11.5 Å². The molecule has 0 amide bonds. The molecule has 112 valence electrons. The first-order chi connectivity index (χ1) is 11.2. The molecule has 4 heteroatoms. The molecule has 0 radical (unpaired) electrons. The standard InChI is InChI=1S/C19H14FN3/c20-18-7-6-14(21)9-15(18)17-11-23-19-16(17)8-13(10-22-19)12-4-2-1-3-5-12/h1-11H,21H2,(H,22,23). The molecule has 0 spiro atoms. The summed E-state index contributed by atoms with van der Waals surface area (Å²) in [4.78, 5) is 7.54. The van der Waals surface area contributed by atoms with Crippen molar-refractivity contribution in [2.75, 3.05) is 5.73 Å². The minimum atomic E-state index is -0.301. The number of aromatic amines is 1. The number of fused-ring (bicyclic) bond motifs is 1. The number of nitrogens with one attached hydrogen (secondary N) is 1. The zero-order valence-electron chi connectivity index (χ0n) is 12.3. The molecule has 2 aromatic heterocycles. The average Bonchev–Trinajstić information content (AvgIpc) is 3.01. The third-order valence-electron chi connectivity index (χ3n) is 3.92. The zero-order chi connectivity index (χ0) is 15.8. The molecule has 0 aliphatic heterocycles. The van der Waals surface area contributed by atoms with Crippen molar-refractivity contribution in [2.24, 2.45) is 0 Å². The van der Waals surface area contributed by atoms with E-state index in [0.29, 0.717) is 11.3 Å². The van der Waals surface area contributed by atoms with Gasteiger partial charge in [0.15, 0.2) is 0 Å². The van der Waals surface area contributed by atoms with E-state index in [1.807, 2.05) is 42.6 Å². The van der Waals surface area contributed by atoms with Crippen LogP contribution in [-0.4, -0.2) is 9.97 Å². The Morgan fingerprint density at radius 3 is 2.57 bits per heavy atom. The van der Waals surface area contributed by atoms with Crippen LogP contribution in [0.4, 0.5) is 10.1 Å². The minimum absolute atomic E-state index is 0.301. The molecule has 0 bridgehead atoms. The highest BCUT2D eigenvalue weighted by atomic mass is 19.1. The number of hydrogen-bond donors (Lipinski definition) is 2. The fraction of sp³-hybridized carbons (Fsp3) is 0. The number of nitrogens with two attached hydrogens (primary N) is 1. The lowest BCUT2D eigenvalue weighted by Gasteiger charge is -2.05. The SMILES string of the molecule is Nc1ccc(F)c(-c2c[nH]c3ncc(-c4ccccc4)cc23)c1. The molecule has 0 fully saturated rings. The highest BCUT2D eigenvalue weighted by Gasteiger charge is 2.12. The molecule has 2 aromatic carbocycles. The zero-order valence-corrected chi connectivity index (χ0v) is 12.3. The van der Waals surface area contributed by atoms with E-state index < -0.39 is 0 Å². The number of pyridine rings is 1. The summed E-state index contributed by atoms with van der Waals surface area (Å²) in [6, 6.07) is 16.6. The van der Waals surface area contributed by atoms with Crippen LogP contribution in [0.25, 0.3) is 33.3 Å². The number of H-pyrrole nitrogens is 1. The summed E-state index contributed by atoms with van der Waals surface area (Å²) in [6.07, 6.45) is 3.58. The molecule has 4 rings (SSSR count). The van der Waals surface area contributed by atoms with Gasteiger partial charge in [0.2, 0.25) is 0 Å². The molecule has 0 unspecified atom stereocenters. The maximum atomic E-state index is 14.2. The van der Waals surface area contributed by atoms with Crippen molar-refractivity contribution in [1.29, 1.82) is 0 Å². The summed E-state index contributed by atoms with van der Waals surface area (Å²) in [5, 5.41) is 0.871. The smallest absolute Gasteiger partial charge is 0.137 e. The first-order valence-electron chi connectivity index (χ1n) is 7.30. The number of hydrogen-bond acceptors (Lipinski definition) is 2. The van der Waals surface area contributed by atoms with Crippen LogP contribution in [0.2, 0.25) is 0 Å². The summed E-state index contributed by atoms with van der Waals surface area (Å²) in [5.74, 6) is -0.301. The predicted molar refractivity (Wildman–Crippen MR) is 91.3 cm³/mol. The van der Waals surface area contributed by atoms with Gasteiger partial charge in [0, 0.05) is 40.2 Å². The second-order valence-corrected chi connectivity index (χ2v) is 5.43. The summed E-state index contributed by atoms with van der Waals surface area (Å²) in [5.41, 5.74) is 10.4. The Balaban J connectivity index is 1.93. The Morgan fingerprint density at radius 1 is 0.913 bits per heavy atom. The van der Waals surface area contributed by atoms with E-state index in [1.54, 1.807) is 18.3 Å². The van der Waals surface area contributed by atoms with Crippen LogP contribution in [0.3, 0.4) is 0 Å². The van der Waals surface area contributed by atoms with E-state index in [4.69, 9.17) is 5.73 Å². The number of halogens is 1. The van der Waals surface area contributed by atoms with Crippen LogP contribution in [0, 0.1) is 5.82 Å². The van der Waals surface area contributed by atoms with Crippen LogP contribution in [0.5, 0.6) is 0 Å². The first kappa shape index (κ1) is 13.5. The number of nitrogens with zero attached hydrogens (tertiary/aromatic N) is 1. The molecule has 4 aromatic rings. The highest BCUT2D eigenvalue weighted by Crippen LogP contribution is 2.33. The van der Waals surface area contributed by atoms with Gasteiger partial charge < -0.3 is 10.7 Å². The van der Waals surface area contributed by atoms with Crippen LogP contribution in [0.1, 0.15) is 0 Å². The molecule has 23 heavy (non-hydrogen) atoms. The minimum Gasteiger partial charge on any atom is -0.399 e. The quantitative estimate of drug-likeness (QED) is 0.531. The van der Waals surface area contributed by atoms with Gasteiger partial charge in [0.05, 0.1) is 0 Å². The normalized spacial score (nSPS) is 11.0. The molecular formula is C19H14FN3. The van der Waals surface area contributed by atoms with E-state index in [1.165, 1.54) is 6.07 Å².